The van der Waals surface area contributed by atoms with E-state index >= 15 is 0 Å². The number of nitriles is 1. The number of ether oxygens (including phenoxy) is 1. The molecule has 0 aromatic heterocycles. The zero-order chi connectivity index (χ0) is 15.4. The molecule has 0 saturated carbocycles. The van der Waals surface area contributed by atoms with Crippen LogP contribution < -0.4 is 4.74 Å². The molecule has 0 bridgehead atoms. The van der Waals surface area contributed by atoms with Gasteiger partial charge in [0.05, 0.1) is 16.1 Å². The lowest BCUT2D eigenvalue weighted by atomic mass is 10.1. The molecule has 0 fully saturated rings. The second-order valence-corrected chi connectivity index (χ2v) is 4.53. The number of benzene rings is 2. The van der Waals surface area contributed by atoms with E-state index in [0.29, 0.717) is 0 Å². The fourth-order valence-electron chi connectivity index (χ4n) is 1.70. The van der Waals surface area contributed by atoms with Crippen molar-refractivity contribution in [1.29, 1.82) is 5.26 Å². The molecule has 0 atom stereocenters. The van der Waals surface area contributed by atoms with Crippen LogP contribution in [0.25, 0.3) is 0 Å². The van der Waals surface area contributed by atoms with E-state index in [1.807, 2.05) is 0 Å². The van der Waals surface area contributed by atoms with Crippen LogP contribution in [0, 0.1) is 17.1 Å². The number of halogens is 2. The van der Waals surface area contributed by atoms with Crippen molar-refractivity contribution >= 4 is 17.6 Å². The van der Waals surface area contributed by atoms with Gasteiger partial charge >= 0.3 is 5.97 Å². The Balaban J connectivity index is 2.20. The molecule has 0 spiro atoms. The molecule has 4 nitrogen and oxygen atoms in total. The van der Waals surface area contributed by atoms with Crippen LogP contribution in [0.15, 0.2) is 36.4 Å². The average Bonchev–Trinajstić information content (AvgIpc) is 2.47. The SMILES string of the molecule is N#Cc1cccc(COc2ccc(Cl)c(C(=O)O)c2)c1F. The molecule has 0 unspecified atom stereocenters. The van der Waals surface area contributed by atoms with Crippen LogP contribution in [0.5, 0.6) is 5.75 Å². The van der Waals surface area contributed by atoms with Crippen LogP contribution in [0.4, 0.5) is 4.39 Å². The van der Waals surface area contributed by atoms with Crippen molar-refractivity contribution in [2.45, 2.75) is 6.61 Å². The summed E-state index contributed by atoms with van der Waals surface area (Å²) in [6.45, 7) is -0.123. The van der Waals surface area contributed by atoms with Crippen molar-refractivity contribution in [3.05, 3.63) is 63.9 Å². The molecule has 0 aliphatic rings. The summed E-state index contributed by atoms with van der Waals surface area (Å²) < 4.78 is 19.2. The number of hydrogen-bond donors (Lipinski definition) is 1. The van der Waals surface area contributed by atoms with Gasteiger partial charge in [0.15, 0.2) is 0 Å². The standard InChI is InChI=1S/C15H9ClFNO3/c16-13-5-4-11(6-12(13)15(19)20)21-8-10-3-1-2-9(7-18)14(10)17/h1-6H,8H2,(H,19,20). The van der Waals surface area contributed by atoms with Gasteiger partial charge in [-0.25, -0.2) is 9.18 Å². The van der Waals surface area contributed by atoms with E-state index in [2.05, 4.69) is 0 Å². The van der Waals surface area contributed by atoms with Crippen molar-refractivity contribution in [3.8, 4) is 11.8 Å². The van der Waals surface area contributed by atoms with Crippen LogP contribution in [0.1, 0.15) is 21.5 Å². The Labute approximate surface area is 125 Å². The van der Waals surface area contributed by atoms with Crippen LogP contribution in [-0.2, 0) is 6.61 Å². The molecule has 0 radical (unpaired) electrons. The molecular formula is C15H9ClFNO3. The summed E-state index contributed by atoms with van der Waals surface area (Å²) in [6.07, 6.45) is 0. The minimum absolute atomic E-state index is 0.0709. The topological polar surface area (TPSA) is 70.3 Å². The first kappa shape index (κ1) is 14.8. The Bertz CT molecular complexity index is 740. The number of carboxylic acid groups (broad SMARTS) is 1. The third-order valence-electron chi connectivity index (χ3n) is 2.76. The second kappa shape index (κ2) is 6.25. The number of nitrogens with zero attached hydrogens (tertiary/aromatic N) is 1. The van der Waals surface area contributed by atoms with Crippen molar-refractivity contribution in [2.75, 3.05) is 0 Å². The summed E-state index contributed by atoms with van der Waals surface area (Å²) in [5.74, 6) is -1.57. The normalized spacial score (nSPS) is 9.95. The molecule has 0 amide bonds. The summed E-state index contributed by atoms with van der Waals surface area (Å²) in [6, 6.07) is 10.3. The van der Waals surface area contributed by atoms with Crippen LogP contribution in [-0.4, -0.2) is 11.1 Å². The Morgan fingerprint density at radius 3 is 2.81 bits per heavy atom. The first-order valence-electron chi connectivity index (χ1n) is 5.86. The first-order valence-corrected chi connectivity index (χ1v) is 6.24. The molecule has 2 rings (SSSR count). The zero-order valence-corrected chi connectivity index (χ0v) is 11.4. The average molecular weight is 306 g/mol. The molecule has 0 heterocycles. The molecule has 0 aliphatic carbocycles. The predicted octanol–water partition coefficient (Wildman–Crippen LogP) is 3.63. The van der Waals surface area contributed by atoms with Crippen molar-refractivity contribution in [2.24, 2.45) is 0 Å². The summed E-state index contributed by atoms with van der Waals surface area (Å²) >= 11 is 5.74. The fraction of sp³-hybridized carbons (Fsp3) is 0.0667. The highest BCUT2D eigenvalue weighted by Crippen LogP contribution is 2.23. The van der Waals surface area contributed by atoms with E-state index in [4.69, 9.17) is 26.7 Å². The molecule has 2 aromatic rings. The lowest BCUT2D eigenvalue weighted by molar-refractivity contribution is 0.0696. The highest BCUT2D eigenvalue weighted by Gasteiger charge is 2.11. The quantitative estimate of drug-likeness (QED) is 0.936. The number of rotatable bonds is 4. The molecule has 0 saturated heterocycles. The van der Waals surface area contributed by atoms with Gasteiger partial charge in [-0.05, 0) is 24.3 Å². The van der Waals surface area contributed by atoms with E-state index in [1.165, 1.54) is 30.3 Å². The van der Waals surface area contributed by atoms with Gasteiger partial charge in [0.1, 0.15) is 24.2 Å². The Kier molecular flexibility index (Phi) is 4.41. The third kappa shape index (κ3) is 3.30. The summed E-state index contributed by atoms with van der Waals surface area (Å²) in [5.41, 5.74) is 0.0414. The van der Waals surface area contributed by atoms with Gasteiger partial charge in [-0.2, -0.15) is 5.26 Å². The zero-order valence-electron chi connectivity index (χ0n) is 10.6. The first-order chi connectivity index (χ1) is 10.0. The van der Waals surface area contributed by atoms with Crippen LogP contribution in [0.3, 0.4) is 0 Å². The lowest BCUT2D eigenvalue weighted by Crippen LogP contribution is -2.02. The third-order valence-corrected chi connectivity index (χ3v) is 3.09. The Morgan fingerprint density at radius 1 is 1.38 bits per heavy atom. The number of hydrogen-bond acceptors (Lipinski definition) is 3. The van der Waals surface area contributed by atoms with Gasteiger partial charge in [0, 0.05) is 5.56 Å². The summed E-state index contributed by atoms with van der Waals surface area (Å²) in [7, 11) is 0. The molecule has 0 aliphatic heterocycles. The summed E-state index contributed by atoms with van der Waals surface area (Å²) in [5, 5.41) is 17.8. The second-order valence-electron chi connectivity index (χ2n) is 4.13. The number of carbonyl (C=O) groups is 1. The largest absolute Gasteiger partial charge is 0.489 e. The highest BCUT2D eigenvalue weighted by molar-refractivity contribution is 6.33. The minimum atomic E-state index is -1.18. The Morgan fingerprint density at radius 2 is 2.14 bits per heavy atom. The van der Waals surface area contributed by atoms with Crippen molar-refractivity contribution < 1.29 is 19.0 Å². The smallest absolute Gasteiger partial charge is 0.337 e. The van der Waals surface area contributed by atoms with Gasteiger partial charge in [-0.3, -0.25) is 0 Å². The lowest BCUT2D eigenvalue weighted by Gasteiger charge is -2.09. The van der Waals surface area contributed by atoms with Gasteiger partial charge < -0.3 is 9.84 Å². The van der Waals surface area contributed by atoms with Gasteiger partial charge in [-0.15, -0.1) is 0 Å². The van der Waals surface area contributed by atoms with Crippen molar-refractivity contribution in [1.82, 2.24) is 0 Å². The molecule has 2 aromatic carbocycles. The van der Waals surface area contributed by atoms with E-state index in [9.17, 15) is 9.18 Å². The molecule has 21 heavy (non-hydrogen) atoms. The summed E-state index contributed by atoms with van der Waals surface area (Å²) in [4.78, 5) is 10.9. The van der Waals surface area contributed by atoms with E-state index in [1.54, 1.807) is 12.1 Å². The van der Waals surface area contributed by atoms with Gasteiger partial charge in [0.25, 0.3) is 0 Å². The molecule has 1 N–H and O–H groups in total. The van der Waals surface area contributed by atoms with E-state index < -0.39 is 11.8 Å². The fourth-order valence-corrected chi connectivity index (χ4v) is 1.90. The molecular weight excluding hydrogens is 297 g/mol. The number of carboxylic acids is 1. The minimum Gasteiger partial charge on any atom is -0.489 e. The highest BCUT2D eigenvalue weighted by atomic mass is 35.5. The molecule has 6 heteroatoms. The predicted molar refractivity (Wildman–Crippen MR) is 73.9 cm³/mol. The van der Waals surface area contributed by atoms with Gasteiger partial charge in [-0.1, -0.05) is 23.7 Å². The van der Waals surface area contributed by atoms with Crippen LogP contribution >= 0.6 is 11.6 Å². The maximum Gasteiger partial charge on any atom is 0.337 e. The maximum absolute atomic E-state index is 13.8. The van der Waals surface area contributed by atoms with E-state index in [0.717, 1.165) is 0 Å². The monoisotopic (exact) mass is 305 g/mol. The van der Waals surface area contributed by atoms with E-state index in [-0.39, 0.29) is 34.1 Å². The van der Waals surface area contributed by atoms with Gasteiger partial charge in [0.2, 0.25) is 0 Å². The van der Waals surface area contributed by atoms with Crippen molar-refractivity contribution in [3.63, 3.8) is 0 Å². The van der Waals surface area contributed by atoms with Crippen LogP contribution in [0.2, 0.25) is 5.02 Å². The molecule has 106 valence electrons. The Hall–Kier alpha value is -2.58. The number of aromatic carboxylic acids is 1. The maximum atomic E-state index is 13.8.